The SMILES string of the molecule is CCNC(C)CSC1CCOC1C. The molecule has 0 aliphatic carbocycles. The van der Waals surface area contributed by atoms with E-state index in [0.717, 1.165) is 18.4 Å². The Bertz CT molecular complexity index is 143. The normalized spacial score (nSPS) is 30.7. The maximum atomic E-state index is 5.52. The minimum Gasteiger partial charge on any atom is -0.377 e. The molecule has 3 heteroatoms. The summed E-state index contributed by atoms with van der Waals surface area (Å²) in [6.45, 7) is 8.61. The fourth-order valence-electron chi connectivity index (χ4n) is 1.61. The molecule has 0 radical (unpaired) electrons. The van der Waals surface area contributed by atoms with Crippen LogP contribution in [0.3, 0.4) is 0 Å². The lowest BCUT2D eigenvalue weighted by Crippen LogP contribution is -2.29. The molecule has 0 aromatic carbocycles. The number of rotatable bonds is 5. The summed E-state index contributed by atoms with van der Waals surface area (Å²) in [6.07, 6.45) is 1.68. The molecule has 1 aliphatic rings. The highest BCUT2D eigenvalue weighted by Gasteiger charge is 2.24. The highest BCUT2D eigenvalue weighted by atomic mass is 32.2. The van der Waals surface area contributed by atoms with Crippen LogP contribution >= 0.6 is 11.8 Å². The zero-order chi connectivity index (χ0) is 9.68. The average molecular weight is 203 g/mol. The number of thioether (sulfide) groups is 1. The van der Waals surface area contributed by atoms with Crippen LogP contribution in [0.4, 0.5) is 0 Å². The third kappa shape index (κ3) is 3.88. The van der Waals surface area contributed by atoms with Crippen LogP contribution < -0.4 is 5.32 Å². The van der Waals surface area contributed by atoms with Crippen molar-refractivity contribution in [2.45, 2.75) is 44.6 Å². The lowest BCUT2D eigenvalue weighted by molar-refractivity contribution is 0.127. The molecular weight excluding hydrogens is 182 g/mol. The van der Waals surface area contributed by atoms with E-state index in [1.54, 1.807) is 0 Å². The molecule has 0 aromatic rings. The molecule has 1 rings (SSSR count). The second kappa shape index (κ2) is 5.89. The van der Waals surface area contributed by atoms with Gasteiger partial charge in [-0.2, -0.15) is 11.8 Å². The van der Waals surface area contributed by atoms with Crippen LogP contribution in [0.1, 0.15) is 27.2 Å². The van der Waals surface area contributed by atoms with Crippen molar-refractivity contribution in [2.75, 3.05) is 18.9 Å². The Balaban J connectivity index is 2.10. The maximum Gasteiger partial charge on any atom is 0.0666 e. The third-order valence-corrected chi connectivity index (χ3v) is 4.16. The molecule has 13 heavy (non-hydrogen) atoms. The van der Waals surface area contributed by atoms with E-state index in [2.05, 4.69) is 37.8 Å². The van der Waals surface area contributed by atoms with Crippen LogP contribution in [-0.2, 0) is 4.74 Å². The topological polar surface area (TPSA) is 21.3 Å². The summed E-state index contributed by atoms with van der Waals surface area (Å²) in [5, 5.41) is 4.15. The van der Waals surface area contributed by atoms with Gasteiger partial charge in [0.25, 0.3) is 0 Å². The van der Waals surface area contributed by atoms with Gasteiger partial charge in [-0.15, -0.1) is 0 Å². The van der Waals surface area contributed by atoms with E-state index in [1.807, 2.05) is 0 Å². The van der Waals surface area contributed by atoms with Crippen LogP contribution in [0.25, 0.3) is 0 Å². The van der Waals surface area contributed by atoms with Crippen molar-refractivity contribution in [3.05, 3.63) is 0 Å². The molecule has 0 aromatic heterocycles. The Morgan fingerprint density at radius 2 is 2.38 bits per heavy atom. The minimum atomic E-state index is 0.457. The van der Waals surface area contributed by atoms with Gasteiger partial charge in [0.05, 0.1) is 6.10 Å². The van der Waals surface area contributed by atoms with Crippen LogP contribution in [0, 0.1) is 0 Å². The van der Waals surface area contributed by atoms with Crippen molar-refractivity contribution in [2.24, 2.45) is 0 Å². The highest BCUT2D eigenvalue weighted by molar-refractivity contribution is 8.00. The summed E-state index contributed by atoms with van der Waals surface area (Å²) in [5.41, 5.74) is 0. The smallest absolute Gasteiger partial charge is 0.0666 e. The lowest BCUT2D eigenvalue weighted by Gasteiger charge is -2.17. The zero-order valence-electron chi connectivity index (χ0n) is 8.88. The summed E-state index contributed by atoms with van der Waals surface area (Å²) in [6, 6.07) is 0.628. The number of hydrogen-bond donors (Lipinski definition) is 1. The van der Waals surface area contributed by atoms with Crippen molar-refractivity contribution in [3.8, 4) is 0 Å². The first-order valence-corrected chi connectivity index (χ1v) is 6.25. The molecule has 1 fully saturated rings. The van der Waals surface area contributed by atoms with E-state index in [1.165, 1.54) is 12.2 Å². The number of ether oxygens (including phenoxy) is 1. The van der Waals surface area contributed by atoms with Crippen molar-refractivity contribution < 1.29 is 4.74 Å². The lowest BCUT2D eigenvalue weighted by atomic mass is 10.3. The largest absolute Gasteiger partial charge is 0.377 e. The summed E-state index contributed by atoms with van der Waals surface area (Å²) in [7, 11) is 0. The minimum absolute atomic E-state index is 0.457. The molecule has 0 saturated carbocycles. The Morgan fingerprint density at radius 1 is 1.62 bits per heavy atom. The van der Waals surface area contributed by atoms with Crippen LogP contribution in [0.15, 0.2) is 0 Å². The molecule has 1 N–H and O–H groups in total. The molecule has 3 atom stereocenters. The van der Waals surface area contributed by atoms with Gasteiger partial charge in [0.15, 0.2) is 0 Å². The van der Waals surface area contributed by atoms with E-state index < -0.39 is 0 Å². The first-order chi connectivity index (χ1) is 6.24. The summed E-state index contributed by atoms with van der Waals surface area (Å²) < 4.78 is 5.52. The van der Waals surface area contributed by atoms with Crippen molar-refractivity contribution in [1.29, 1.82) is 0 Å². The molecule has 1 heterocycles. The second-order valence-electron chi connectivity index (χ2n) is 3.70. The van der Waals surface area contributed by atoms with Gasteiger partial charge in [0.1, 0.15) is 0 Å². The molecule has 0 amide bonds. The molecule has 1 aliphatic heterocycles. The monoisotopic (exact) mass is 203 g/mol. The van der Waals surface area contributed by atoms with Crippen molar-refractivity contribution in [3.63, 3.8) is 0 Å². The predicted molar refractivity (Wildman–Crippen MR) is 59.4 cm³/mol. The zero-order valence-corrected chi connectivity index (χ0v) is 9.69. The van der Waals surface area contributed by atoms with E-state index in [9.17, 15) is 0 Å². The predicted octanol–water partition coefficient (Wildman–Crippen LogP) is 1.90. The number of nitrogens with one attached hydrogen (secondary N) is 1. The Kier molecular flexibility index (Phi) is 5.14. The molecule has 78 valence electrons. The Morgan fingerprint density at radius 3 is 2.92 bits per heavy atom. The molecule has 1 saturated heterocycles. The molecule has 0 bridgehead atoms. The van der Waals surface area contributed by atoms with Crippen LogP contribution in [-0.4, -0.2) is 36.3 Å². The number of hydrogen-bond acceptors (Lipinski definition) is 3. The molecular formula is C10H21NOS. The van der Waals surface area contributed by atoms with E-state index in [-0.39, 0.29) is 0 Å². The van der Waals surface area contributed by atoms with Gasteiger partial charge in [-0.3, -0.25) is 0 Å². The van der Waals surface area contributed by atoms with Gasteiger partial charge in [0, 0.05) is 23.7 Å². The highest BCUT2D eigenvalue weighted by Crippen LogP contribution is 2.26. The summed E-state index contributed by atoms with van der Waals surface area (Å²) in [5.74, 6) is 1.20. The van der Waals surface area contributed by atoms with Crippen molar-refractivity contribution >= 4 is 11.8 Å². The quantitative estimate of drug-likeness (QED) is 0.737. The van der Waals surface area contributed by atoms with Gasteiger partial charge >= 0.3 is 0 Å². The molecule has 0 spiro atoms. The Hall–Kier alpha value is 0.270. The summed E-state index contributed by atoms with van der Waals surface area (Å²) in [4.78, 5) is 0. The summed E-state index contributed by atoms with van der Waals surface area (Å²) >= 11 is 2.05. The van der Waals surface area contributed by atoms with Gasteiger partial charge in [-0.25, -0.2) is 0 Å². The first-order valence-electron chi connectivity index (χ1n) is 5.20. The van der Waals surface area contributed by atoms with Crippen LogP contribution in [0.2, 0.25) is 0 Å². The second-order valence-corrected chi connectivity index (χ2v) is 4.97. The standard InChI is InChI=1S/C10H21NOS/c1-4-11-8(2)7-13-10-5-6-12-9(10)3/h8-11H,4-7H2,1-3H3. The van der Waals surface area contributed by atoms with E-state index in [4.69, 9.17) is 4.74 Å². The maximum absolute atomic E-state index is 5.52. The Labute approximate surface area is 85.8 Å². The van der Waals surface area contributed by atoms with Gasteiger partial charge < -0.3 is 10.1 Å². The fourth-order valence-corrected chi connectivity index (χ4v) is 2.87. The fraction of sp³-hybridized carbons (Fsp3) is 1.00. The van der Waals surface area contributed by atoms with Gasteiger partial charge in [-0.1, -0.05) is 6.92 Å². The van der Waals surface area contributed by atoms with Gasteiger partial charge in [0.2, 0.25) is 0 Å². The average Bonchev–Trinajstić information content (AvgIpc) is 2.48. The van der Waals surface area contributed by atoms with Gasteiger partial charge in [-0.05, 0) is 26.8 Å². The first kappa shape index (κ1) is 11.3. The van der Waals surface area contributed by atoms with E-state index >= 15 is 0 Å². The van der Waals surface area contributed by atoms with Crippen molar-refractivity contribution in [1.82, 2.24) is 5.32 Å². The molecule has 2 nitrogen and oxygen atoms in total. The van der Waals surface area contributed by atoms with E-state index in [0.29, 0.717) is 12.1 Å². The third-order valence-electron chi connectivity index (χ3n) is 2.42. The molecule has 3 unspecified atom stereocenters. The van der Waals surface area contributed by atoms with Crippen LogP contribution in [0.5, 0.6) is 0 Å².